The Morgan fingerprint density at radius 1 is 1.42 bits per heavy atom. The second kappa shape index (κ2) is 3.49. The van der Waals surface area contributed by atoms with Crippen molar-refractivity contribution >= 4 is 5.69 Å². The van der Waals surface area contributed by atoms with Crippen LogP contribution in [0, 0.1) is 0 Å². The summed E-state index contributed by atoms with van der Waals surface area (Å²) in [5, 5.41) is 6.64. The number of rotatable bonds is 2. The van der Waals surface area contributed by atoms with Gasteiger partial charge in [0.15, 0.2) is 0 Å². The maximum atomic E-state index is 3.93. The third kappa shape index (κ3) is 1.71. The first kappa shape index (κ1) is 7.49. The molecular formula is C8H12N4. The minimum atomic E-state index is 0.538. The van der Waals surface area contributed by atoms with Crippen molar-refractivity contribution in [1.82, 2.24) is 15.3 Å². The molecule has 0 aliphatic carbocycles. The number of hydrogen-bond donors (Lipinski definition) is 2. The highest BCUT2D eigenvalue weighted by Gasteiger charge is 2.13. The predicted octanol–water partition coefficient (Wildman–Crippen LogP) is 0.250. The van der Waals surface area contributed by atoms with Crippen molar-refractivity contribution in [2.45, 2.75) is 12.5 Å². The first-order valence-electron chi connectivity index (χ1n) is 4.17. The number of anilines is 1. The maximum Gasteiger partial charge on any atom is 0.115 e. The van der Waals surface area contributed by atoms with E-state index in [0.717, 1.165) is 18.8 Å². The average molecular weight is 164 g/mol. The van der Waals surface area contributed by atoms with Gasteiger partial charge in [-0.1, -0.05) is 0 Å². The summed E-state index contributed by atoms with van der Waals surface area (Å²) in [7, 11) is 0. The molecule has 1 saturated heterocycles. The van der Waals surface area contributed by atoms with Gasteiger partial charge in [0.25, 0.3) is 0 Å². The van der Waals surface area contributed by atoms with Gasteiger partial charge in [-0.05, 0) is 13.0 Å². The lowest BCUT2D eigenvalue weighted by Crippen LogP contribution is -2.22. The van der Waals surface area contributed by atoms with Crippen LogP contribution in [-0.4, -0.2) is 29.1 Å². The summed E-state index contributed by atoms with van der Waals surface area (Å²) in [5.41, 5.74) is 1.01. The van der Waals surface area contributed by atoms with E-state index in [-0.39, 0.29) is 0 Å². The smallest absolute Gasteiger partial charge is 0.115 e. The zero-order valence-corrected chi connectivity index (χ0v) is 6.83. The molecule has 0 radical (unpaired) electrons. The Kier molecular flexibility index (Phi) is 2.18. The van der Waals surface area contributed by atoms with Crippen molar-refractivity contribution in [3.8, 4) is 0 Å². The van der Waals surface area contributed by atoms with Crippen LogP contribution in [0.5, 0.6) is 0 Å². The first-order valence-corrected chi connectivity index (χ1v) is 4.17. The summed E-state index contributed by atoms with van der Waals surface area (Å²) in [6.07, 6.45) is 6.31. The van der Waals surface area contributed by atoms with E-state index in [9.17, 15) is 0 Å². The number of nitrogens with one attached hydrogen (secondary N) is 2. The van der Waals surface area contributed by atoms with Gasteiger partial charge in [0, 0.05) is 12.6 Å². The molecule has 2 rings (SSSR count). The summed E-state index contributed by atoms with van der Waals surface area (Å²) in [6, 6.07) is 0.538. The molecular weight excluding hydrogens is 152 g/mol. The molecule has 0 amide bonds. The molecule has 1 aliphatic heterocycles. The Labute approximate surface area is 71.4 Å². The van der Waals surface area contributed by atoms with Crippen LogP contribution in [0.2, 0.25) is 0 Å². The lowest BCUT2D eigenvalue weighted by molar-refractivity contribution is 0.791. The topological polar surface area (TPSA) is 49.8 Å². The number of nitrogens with zero attached hydrogens (tertiary/aromatic N) is 2. The van der Waals surface area contributed by atoms with Crippen LogP contribution < -0.4 is 10.6 Å². The molecule has 1 unspecified atom stereocenters. The molecule has 1 aliphatic rings. The van der Waals surface area contributed by atoms with Crippen LogP contribution >= 0.6 is 0 Å². The fourth-order valence-corrected chi connectivity index (χ4v) is 1.39. The van der Waals surface area contributed by atoms with Crippen LogP contribution in [0.1, 0.15) is 6.42 Å². The molecule has 2 N–H and O–H groups in total. The van der Waals surface area contributed by atoms with Gasteiger partial charge < -0.3 is 10.6 Å². The molecule has 1 fully saturated rings. The zero-order valence-electron chi connectivity index (χ0n) is 6.83. The summed E-state index contributed by atoms with van der Waals surface area (Å²) < 4.78 is 0. The number of aromatic nitrogens is 2. The largest absolute Gasteiger partial charge is 0.378 e. The van der Waals surface area contributed by atoms with Crippen LogP contribution in [0.15, 0.2) is 18.7 Å². The molecule has 4 heteroatoms. The Morgan fingerprint density at radius 2 is 2.25 bits per heavy atom. The summed E-state index contributed by atoms with van der Waals surface area (Å²) in [5.74, 6) is 0. The van der Waals surface area contributed by atoms with Crippen molar-refractivity contribution in [3.63, 3.8) is 0 Å². The molecule has 0 bridgehead atoms. The van der Waals surface area contributed by atoms with Gasteiger partial charge in [0.05, 0.1) is 18.1 Å². The lowest BCUT2D eigenvalue weighted by Gasteiger charge is -2.10. The van der Waals surface area contributed by atoms with Crippen molar-refractivity contribution in [2.75, 3.05) is 18.4 Å². The highest BCUT2D eigenvalue weighted by atomic mass is 15.0. The molecule has 0 spiro atoms. The van der Waals surface area contributed by atoms with Gasteiger partial charge in [0.1, 0.15) is 6.33 Å². The van der Waals surface area contributed by atoms with E-state index in [2.05, 4.69) is 20.6 Å². The second-order valence-electron chi connectivity index (χ2n) is 2.96. The van der Waals surface area contributed by atoms with E-state index >= 15 is 0 Å². The van der Waals surface area contributed by atoms with Gasteiger partial charge in [-0.25, -0.2) is 9.97 Å². The Bertz CT molecular complexity index is 230. The third-order valence-corrected chi connectivity index (χ3v) is 1.99. The number of hydrogen-bond acceptors (Lipinski definition) is 4. The Balaban J connectivity index is 1.94. The lowest BCUT2D eigenvalue weighted by atomic mass is 10.2. The standard InChI is InChI=1S/C8H12N4/c1-2-9-3-7(1)12-8-4-10-6-11-5-8/h4-7,9,12H,1-3H2. The van der Waals surface area contributed by atoms with Crippen molar-refractivity contribution in [2.24, 2.45) is 0 Å². The predicted molar refractivity (Wildman–Crippen MR) is 46.9 cm³/mol. The molecule has 0 aromatic carbocycles. The monoisotopic (exact) mass is 164 g/mol. The van der Waals surface area contributed by atoms with E-state index in [1.165, 1.54) is 12.7 Å². The summed E-state index contributed by atoms with van der Waals surface area (Å²) in [6.45, 7) is 2.14. The Hall–Kier alpha value is -1.16. The Morgan fingerprint density at radius 3 is 2.92 bits per heavy atom. The third-order valence-electron chi connectivity index (χ3n) is 1.99. The summed E-state index contributed by atoms with van der Waals surface area (Å²) >= 11 is 0. The minimum absolute atomic E-state index is 0.538. The molecule has 64 valence electrons. The van der Waals surface area contributed by atoms with E-state index in [0.29, 0.717) is 6.04 Å². The maximum absolute atomic E-state index is 3.93. The van der Waals surface area contributed by atoms with Crippen LogP contribution in [0.3, 0.4) is 0 Å². The van der Waals surface area contributed by atoms with Crippen molar-refractivity contribution in [3.05, 3.63) is 18.7 Å². The first-order chi connectivity index (χ1) is 5.95. The van der Waals surface area contributed by atoms with Gasteiger partial charge in [0.2, 0.25) is 0 Å². The van der Waals surface area contributed by atoms with Gasteiger partial charge in [-0.3, -0.25) is 0 Å². The van der Waals surface area contributed by atoms with E-state index in [1.807, 2.05) is 0 Å². The van der Waals surface area contributed by atoms with Gasteiger partial charge in [-0.15, -0.1) is 0 Å². The molecule has 12 heavy (non-hydrogen) atoms. The van der Waals surface area contributed by atoms with Crippen LogP contribution in [0.25, 0.3) is 0 Å². The average Bonchev–Trinajstić information content (AvgIpc) is 2.59. The second-order valence-corrected chi connectivity index (χ2v) is 2.96. The molecule has 1 atom stereocenters. The molecule has 1 aromatic heterocycles. The normalized spacial score (nSPS) is 22.5. The van der Waals surface area contributed by atoms with Crippen LogP contribution in [0.4, 0.5) is 5.69 Å². The molecule has 4 nitrogen and oxygen atoms in total. The molecule has 2 heterocycles. The highest BCUT2D eigenvalue weighted by molar-refractivity contribution is 5.38. The molecule has 0 saturated carbocycles. The van der Waals surface area contributed by atoms with Crippen molar-refractivity contribution < 1.29 is 0 Å². The summed E-state index contributed by atoms with van der Waals surface area (Å²) in [4.78, 5) is 7.87. The van der Waals surface area contributed by atoms with E-state index in [1.54, 1.807) is 12.4 Å². The fraction of sp³-hybridized carbons (Fsp3) is 0.500. The molecule has 1 aromatic rings. The highest BCUT2D eigenvalue weighted by Crippen LogP contribution is 2.07. The quantitative estimate of drug-likeness (QED) is 0.658. The zero-order chi connectivity index (χ0) is 8.23. The van der Waals surface area contributed by atoms with Crippen LogP contribution in [-0.2, 0) is 0 Å². The van der Waals surface area contributed by atoms with Gasteiger partial charge in [-0.2, -0.15) is 0 Å². The van der Waals surface area contributed by atoms with Crippen molar-refractivity contribution in [1.29, 1.82) is 0 Å². The minimum Gasteiger partial charge on any atom is -0.378 e. The van der Waals surface area contributed by atoms with E-state index in [4.69, 9.17) is 0 Å². The SMILES string of the molecule is c1ncc(NC2CCNC2)cn1. The fourth-order valence-electron chi connectivity index (χ4n) is 1.39. The van der Waals surface area contributed by atoms with Gasteiger partial charge >= 0.3 is 0 Å². The van der Waals surface area contributed by atoms with E-state index < -0.39 is 0 Å².